The lowest BCUT2D eigenvalue weighted by atomic mass is 10.1. The summed E-state index contributed by atoms with van der Waals surface area (Å²) < 4.78 is 36.9. The third-order valence-electron chi connectivity index (χ3n) is 1.44. The first-order chi connectivity index (χ1) is 6.15. The SMILES string of the molecule is N#CCc1cc(F)cnc1C(F)F. The molecule has 0 unspecified atom stereocenters. The second-order valence-corrected chi connectivity index (χ2v) is 2.33. The topological polar surface area (TPSA) is 36.7 Å². The van der Waals surface area contributed by atoms with E-state index < -0.39 is 17.9 Å². The Morgan fingerprint density at radius 1 is 1.54 bits per heavy atom. The molecule has 1 heterocycles. The second-order valence-electron chi connectivity index (χ2n) is 2.33. The van der Waals surface area contributed by atoms with Crippen LogP contribution >= 0.6 is 0 Å². The Bertz CT molecular complexity index is 344. The lowest BCUT2D eigenvalue weighted by Crippen LogP contribution is -1.98. The van der Waals surface area contributed by atoms with Crippen LogP contribution in [0.4, 0.5) is 13.2 Å². The standard InChI is InChI=1S/C8H5F3N2/c9-6-3-5(1-2-12)7(8(10)11)13-4-6/h3-4,8H,1H2. The van der Waals surface area contributed by atoms with Crippen molar-refractivity contribution in [2.45, 2.75) is 12.8 Å². The van der Waals surface area contributed by atoms with Gasteiger partial charge in [0, 0.05) is 0 Å². The van der Waals surface area contributed by atoms with E-state index >= 15 is 0 Å². The van der Waals surface area contributed by atoms with E-state index in [1.165, 1.54) is 0 Å². The number of hydrogen-bond acceptors (Lipinski definition) is 2. The highest BCUT2D eigenvalue weighted by Gasteiger charge is 2.14. The largest absolute Gasteiger partial charge is 0.280 e. The van der Waals surface area contributed by atoms with E-state index in [4.69, 9.17) is 5.26 Å². The summed E-state index contributed by atoms with van der Waals surface area (Å²) >= 11 is 0. The number of rotatable bonds is 2. The zero-order valence-electron chi connectivity index (χ0n) is 6.47. The number of nitriles is 1. The molecule has 0 aliphatic rings. The molecule has 0 aliphatic heterocycles. The molecule has 1 aromatic rings. The number of hydrogen-bond donors (Lipinski definition) is 0. The predicted molar refractivity (Wildman–Crippen MR) is 38.5 cm³/mol. The van der Waals surface area contributed by atoms with E-state index in [0.717, 1.165) is 6.07 Å². The van der Waals surface area contributed by atoms with Gasteiger partial charge in [0.25, 0.3) is 6.43 Å². The number of nitrogens with zero attached hydrogens (tertiary/aromatic N) is 2. The molecule has 0 atom stereocenters. The molecule has 68 valence electrons. The first-order valence-corrected chi connectivity index (χ1v) is 3.44. The predicted octanol–water partition coefficient (Wildman–Crippen LogP) is 2.22. The summed E-state index contributed by atoms with van der Waals surface area (Å²) in [6, 6.07) is 2.57. The smallest absolute Gasteiger partial charge is 0.252 e. The maximum absolute atomic E-state index is 12.5. The van der Waals surface area contributed by atoms with Gasteiger partial charge in [0.05, 0.1) is 18.7 Å². The Kier molecular flexibility index (Phi) is 2.85. The normalized spacial score (nSPS) is 10.1. The van der Waals surface area contributed by atoms with Gasteiger partial charge in [-0.2, -0.15) is 5.26 Å². The first-order valence-electron chi connectivity index (χ1n) is 3.44. The summed E-state index contributed by atoms with van der Waals surface area (Å²) in [4.78, 5) is 3.22. The fourth-order valence-electron chi connectivity index (χ4n) is 0.915. The molecule has 0 bridgehead atoms. The Morgan fingerprint density at radius 2 is 2.23 bits per heavy atom. The Labute approximate surface area is 72.6 Å². The highest BCUT2D eigenvalue weighted by Crippen LogP contribution is 2.21. The zero-order chi connectivity index (χ0) is 9.84. The molecule has 0 aliphatic carbocycles. The molecule has 2 nitrogen and oxygen atoms in total. The summed E-state index contributed by atoms with van der Waals surface area (Å²) in [5, 5.41) is 8.27. The maximum Gasteiger partial charge on any atom is 0.280 e. The van der Waals surface area contributed by atoms with Crippen LogP contribution in [0.25, 0.3) is 0 Å². The van der Waals surface area contributed by atoms with Crippen LogP contribution in [0.1, 0.15) is 17.7 Å². The highest BCUT2D eigenvalue weighted by atomic mass is 19.3. The van der Waals surface area contributed by atoms with E-state index in [1.807, 2.05) is 0 Å². The maximum atomic E-state index is 12.5. The van der Waals surface area contributed by atoms with Crippen molar-refractivity contribution >= 4 is 0 Å². The van der Waals surface area contributed by atoms with E-state index in [-0.39, 0.29) is 12.0 Å². The quantitative estimate of drug-likeness (QED) is 0.710. The molecule has 0 saturated heterocycles. The minimum absolute atomic E-state index is 0.0579. The van der Waals surface area contributed by atoms with Crippen molar-refractivity contribution in [3.63, 3.8) is 0 Å². The van der Waals surface area contributed by atoms with Gasteiger partial charge in [-0.25, -0.2) is 13.2 Å². The molecule has 0 radical (unpaired) electrons. The molecular weight excluding hydrogens is 181 g/mol. The second kappa shape index (κ2) is 3.90. The van der Waals surface area contributed by atoms with E-state index in [2.05, 4.69) is 4.98 Å². The highest BCUT2D eigenvalue weighted by molar-refractivity contribution is 5.24. The Hall–Kier alpha value is -1.57. The van der Waals surface area contributed by atoms with Gasteiger partial charge < -0.3 is 0 Å². The molecule has 0 spiro atoms. The molecule has 0 fully saturated rings. The molecule has 0 N–H and O–H groups in total. The van der Waals surface area contributed by atoms with Crippen LogP contribution in [-0.2, 0) is 6.42 Å². The molecular formula is C8H5F3N2. The number of halogens is 3. The van der Waals surface area contributed by atoms with Crippen molar-refractivity contribution in [3.8, 4) is 6.07 Å². The summed E-state index contributed by atoms with van der Waals surface area (Å²) in [6.45, 7) is 0. The van der Waals surface area contributed by atoms with Crippen molar-refractivity contribution in [1.82, 2.24) is 4.98 Å². The molecule has 0 aromatic carbocycles. The average molecular weight is 186 g/mol. The number of aromatic nitrogens is 1. The van der Waals surface area contributed by atoms with Crippen LogP contribution < -0.4 is 0 Å². The van der Waals surface area contributed by atoms with Gasteiger partial charge in [-0.3, -0.25) is 4.98 Å². The van der Waals surface area contributed by atoms with Gasteiger partial charge in [-0.15, -0.1) is 0 Å². The first kappa shape index (κ1) is 9.52. The number of alkyl halides is 2. The van der Waals surface area contributed by atoms with Crippen LogP contribution in [0.5, 0.6) is 0 Å². The van der Waals surface area contributed by atoms with Gasteiger partial charge in [0.15, 0.2) is 0 Å². The summed E-state index contributed by atoms with van der Waals surface area (Å²) in [5.41, 5.74) is -0.583. The minimum atomic E-state index is -2.77. The number of pyridine rings is 1. The fraction of sp³-hybridized carbons (Fsp3) is 0.250. The van der Waals surface area contributed by atoms with Gasteiger partial charge in [0.2, 0.25) is 0 Å². The van der Waals surface area contributed by atoms with Crippen LogP contribution in [0.3, 0.4) is 0 Å². The summed E-state index contributed by atoms with van der Waals surface area (Å²) in [7, 11) is 0. The van der Waals surface area contributed by atoms with Gasteiger partial charge in [-0.05, 0) is 11.6 Å². The van der Waals surface area contributed by atoms with Crippen molar-refractivity contribution in [1.29, 1.82) is 5.26 Å². The van der Waals surface area contributed by atoms with Gasteiger partial charge in [0.1, 0.15) is 11.5 Å². The lowest BCUT2D eigenvalue weighted by molar-refractivity contribution is 0.145. The van der Waals surface area contributed by atoms with Crippen LogP contribution in [0.2, 0.25) is 0 Å². The third-order valence-corrected chi connectivity index (χ3v) is 1.44. The molecule has 0 amide bonds. The van der Waals surface area contributed by atoms with Gasteiger partial charge in [-0.1, -0.05) is 0 Å². The zero-order valence-corrected chi connectivity index (χ0v) is 6.47. The van der Waals surface area contributed by atoms with Crippen molar-refractivity contribution in [3.05, 3.63) is 29.3 Å². The fourth-order valence-corrected chi connectivity index (χ4v) is 0.915. The summed E-state index contributed by atoms with van der Waals surface area (Å²) in [6.07, 6.45) is -2.32. The van der Waals surface area contributed by atoms with Crippen molar-refractivity contribution < 1.29 is 13.2 Å². The van der Waals surface area contributed by atoms with E-state index in [0.29, 0.717) is 6.20 Å². The van der Waals surface area contributed by atoms with Gasteiger partial charge >= 0.3 is 0 Å². The third kappa shape index (κ3) is 2.18. The Morgan fingerprint density at radius 3 is 2.77 bits per heavy atom. The van der Waals surface area contributed by atoms with Crippen molar-refractivity contribution in [2.24, 2.45) is 0 Å². The van der Waals surface area contributed by atoms with Crippen LogP contribution in [0, 0.1) is 17.1 Å². The molecule has 1 aromatic heterocycles. The molecule has 1 rings (SSSR count). The summed E-state index contributed by atoms with van der Waals surface area (Å²) in [5.74, 6) is -0.713. The lowest BCUT2D eigenvalue weighted by Gasteiger charge is -2.03. The van der Waals surface area contributed by atoms with E-state index in [9.17, 15) is 13.2 Å². The van der Waals surface area contributed by atoms with Crippen LogP contribution in [0.15, 0.2) is 12.3 Å². The average Bonchev–Trinajstić information content (AvgIpc) is 2.04. The molecule has 0 saturated carbocycles. The molecule has 13 heavy (non-hydrogen) atoms. The van der Waals surface area contributed by atoms with Crippen LogP contribution in [-0.4, -0.2) is 4.98 Å². The Balaban J connectivity index is 3.12. The van der Waals surface area contributed by atoms with Crippen molar-refractivity contribution in [2.75, 3.05) is 0 Å². The monoisotopic (exact) mass is 186 g/mol. The minimum Gasteiger partial charge on any atom is -0.252 e. The van der Waals surface area contributed by atoms with E-state index in [1.54, 1.807) is 6.07 Å². The molecule has 5 heteroatoms.